The Morgan fingerprint density at radius 2 is 1.32 bits per heavy atom. The van der Waals surface area contributed by atoms with E-state index in [0.29, 0.717) is 17.1 Å². The summed E-state index contributed by atoms with van der Waals surface area (Å²) in [5.41, 5.74) is 1.80. The van der Waals surface area contributed by atoms with Crippen LogP contribution >= 0.6 is 7.37 Å². The van der Waals surface area contributed by atoms with Crippen LogP contribution in [0, 0.1) is 0 Å². The quantitative estimate of drug-likeness (QED) is 0.392. The number of Topliss-reactive ketones (excluding diaryl/α,β-unsaturated/α-hetero) is 1. The fourth-order valence-corrected chi connectivity index (χ4v) is 5.15. The van der Waals surface area contributed by atoms with E-state index in [9.17, 15) is 19.0 Å². The molecular weight excluding hydrogens is 377 g/mol. The molecule has 3 fully saturated rings. The first-order valence-corrected chi connectivity index (χ1v) is 12.1. The van der Waals surface area contributed by atoms with Gasteiger partial charge >= 0.3 is 0 Å². The number of rotatable bonds is 7. The minimum absolute atomic E-state index is 0.00546. The molecule has 0 radical (unpaired) electrons. The van der Waals surface area contributed by atoms with Crippen molar-refractivity contribution in [1.82, 2.24) is 14.7 Å². The Morgan fingerprint density at radius 1 is 0.893 bits per heavy atom. The molecule has 156 valence electrons. The molecular formula is C20H32N3O4P. The second kappa shape index (κ2) is 8.03. The molecule has 8 heteroatoms. The minimum atomic E-state index is -2.87. The average Bonchev–Trinajstić information content (AvgIpc) is 3.49. The fourth-order valence-electron chi connectivity index (χ4n) is 3.23. The third-order valence-electron chi connectivity index (χ3n) is 5.93. The third kappa shape index (κ3) is 4.36. The first-order valence-electron chi connectivity index (χ1n) is 10.3. The van der Waals surface area contributed by atoms with Crippen LogP contribution in [0.15, 0.2) is 23.2 Å². The fraction of sp³-hybridized carbons (Fsp3) is 0.700. The molecule has 0 spiro atoms. The highest BCUT2D eigenvalue weighted by atomic mass is 31.2. The van der Waals surface area contributed by atoms with Crippen molar-refractivity contribution in [2.24, 2.45) is 0 Å². The molecule has 0 aromatic heterocycles. The maximum absolute atomic E-state index is 12.4. The summed E-state index contributed by atoms with van der Waals surface area (Å²) >= 11 is 0. The van der Waals surface area contributed by atoms with Gasteiger partial charge in [-0.15, -0.1) is 0 Å². The normalized spacial score (nSPS) is 24.9. The van der Waals surface area contributed by atoms with Crippen LogP contribution in [0.1, 0.15) is 40.5 Å². The van der Waals surface area contributed by atoms with Crippen LogP contribution in [-0.4, -0.2) is 81.7 Å². The minimum Gasteiger partial charge on any atom is -0.365 e. The van der Waals surface area contributed by atoms with Gasteiger partial charge in [-0.2, -0.15) is 0 Å². The number of ketones is 2. The summed E-state index contributed by atoms with van der Waals surface area (Å²) in [5, 5.41) is 0. The highest BCUT2D eigenvalue weighted by molar-refractivity contribution is 7.59. The molecule has 7 nitrogen and oxygen atoms in total. The zero-order valence-corrected chi connectivity index (χ0v) is 18.2. The summed E-state index contributed by atoms with van der Waals surface area (Å²) in [6, 6.07) is 0. The molecule has 2 atom stereocenters. The van der Waals surface area contributed by atoms with Gasteiger partial charge in [0.15, 0.2) is 0 Å². The highest BCUT2D eigenvalue weighted by Gasteiger charge is 2.43. The van der Waals surface area contributed by atoms with E-state index < -0.39 is 7.37 Å². The van der Waals surface area contributed by atoms with Crippen molar-refractivity contribution in [3.63, 3.8) is 0 Å². The molecule has 0 aromatic rings. The molecule has 28 heavy (non-hydrogen) atoms. The average molecular weight is 409 g/mol. The molecule has 4 aliphatic rings. The first kappa shape index (κ1) is 21.1. The topological polar surface area (TPSA) is 80.5 Å². The van der Waals surface area contributed by atoms with E-state index in [1.807, 2.05) is 42.4 Å². The van der Waals surface area contributed by atoms with E-state index in [0.717, 1.165) is 52.1 Å². The molecule has 0 saturated carbocycles. The van der Waals surface area contributed by atoms with Gasteiger partial charge in [0.2, 0.25) is 18.9 Å². The van der Waals surface area contributed by atoms with Crippen molar-refractivity contribution >= 4 is 18.9 Å². The summed E-state index contributed by atoms with van der Waals surface area (Å²) in [6.45, 7) is 13.0. The molecule has 3 aliphatic heterocycles. The first-order chi connectivity index (χ1) is 13.2. The van der Waals surface area contributed by atoms with Gasteiger partial charge in [-0.25, -0.2) is 0 Å². The van der Waals surface area contributed by atoms with Crippen molar-refractivity contribution < 1.29 is 19.0 Å². The summed E-state index contributed by atoms with van der Waals surface area (Å²) in [4.78, 5) is 40.1. The van der Waals surface area contributed by atoms with Crippen molar-refractivity contribution in [3.8, 4) is 0 Å². The van der Waals surface area contributed by atoms with Gasteiger partial charge in [-0.3, -0.25) is 14.2 Å². The van der Waals surface area contributed by atoms with E-state index in [1.165, 1.54) is 6.08 Å². The Balaban J connectivity index is 0.000000180. The van der Waals surface area contributed by atoms with Crippen molar-refractivity contribution in [3.05, 3.63) is 23.2 Å². The van der Waals surface area contributed by atoms with Gasteiger partial charge in [0, 0.05) is 56.7 Å². The molecule has 4 rings (SSSR count). The third-order valence-corrected chi connectivity index (χ3v) is 9.19. The van der Waals surface area contributed by atoms with Gasteiger partial charge in [0.1, 0.15) is 11.4 Å². The van der Waals surface area contributed by atoms with E-state index in [4.69, 9.17) is 0 Å². The number of hydrogen-bond donors (Lipinski definition) is 1. The van der Waals surface area contributed by atoms with Crippen LogP contribution < -0.4 is 0 Å². The van der Waals surface area contributed by atoms with Gasteiger partial charge in [0.25, 0.3) is 0 Å². The van der Waals surface area contributed by atoms with E-state index in [-0.39, 0.29) is 22.9 Å². The Labute approximate surface area is 167 Å². The maximum atomic E-state index is 12.4. The van der Waals surface area contributed by atoms with Crippen LogP contribution in [0.3, 0.4) is 0 Å². The number of allylic oxidation sites excluding steroid dienone is 1. The Morgan fingerprint density at radius 3 is 1.71 bits per heavy atom. The van der Waals surface area contributed by atoms with Crippen LogP contribution in [0.25, 0.3) is 0 Å². The SMILES string of the molecule is CCC(C)P(=O)(O)C(C)CC.O=C1C=C(N2CC2)C(=O)C(N2CC2)=C1N1CC1. The standard InChI is InChI=1S/C12H13N3O2.C8H19O2P/c16-9-7-8(13-1-2-13)12(17)11(15-5-6-15)10(9)14-3-4-14;1-5-7(3)11(9,10)8(4)6-2/h7H,1-6H2;7-8H,5-6H2,1-4H3,(H,9,10). The molecule has 0 aromatic carbocycles. The Hall–Kier alpha value is -1.59. The molecule has 3 heterocycles. The van der Waals surface area contributed by atoms with E-state index in [2.05, 4.69) is 0 Å². The molecule has 0 amide bonds. The lowest BCUT2D eigenvalue weighted by Crippen LogP contribution is -2.29. The number of carbonyl (C=O) groups excluding carboxylic acids is 2. The zero-order chi connectivity index (χ0) is 20.6. The van der Waals surface area contributed by atoms with Crippen molar-refractivity contribution in [2.45, 2.75) is 51.9 Å². The van der Waals surface area contributed by atoms with Gasteiger partial charge < -0.3 is 19.6 Å². The molecule has 1 N–H and O–H groups in total. The van der Waals surface area contributed by atoms with Crippen LogP contribution in [0.5, 0.6) is 0 Å². The summed E-state index contributed by atoms with van der Waals surface area (Å²) < 4.78 is 11.6. The predicted octanol–water partition coefficient (Wildman–Crippen LogP) is 2.03. The van der Waals surface area contributed by atoms with E-state index >= 15 is 0 Å². The molecule has 3 saturated heterocycles. The second-order valence-corrected chi connectivity index (χ2v) is 11.2. The Kier molecular flexibility index (Phi) is 6.06. The lowest BCUT2D eigenvalue weighted by atomic mass is 10.0. The molecule has 1 aliphatic carbocycles. The van der Waals surface area contributed by atoms with Crippen molar-refractivity contribution in [1.29, 1.82) is 0 Å². The lowest BCUT2D eigenvalue weighted by Gasteiger charge is -2.23. The lowest BCUT2D eigenvalue weighted by molar-refractivity contribution is -0.117. The molecule has 2 unspecified atom stereocenters. The summed E-state index contributed by atoms with van der Waals surface area (Å²) in [6.07, 6.45) is 3.10. The smallest absolute Gasteiger partial charge is 0.227 e. The highest BCUT2D eigenvalue weighted by Crippen LogP contribution is 2.53. The largest absolute Gasteiger partial charge is 0.365 e. The van der Waals surface area contributed by atoms with Crippen LogP contribution in [-0.2, 0) is 14.2 Å². The number of hydrogen-bond acceptors (Lipinski definition) is 6. The maximum Gasteiger partial charge on any atom is 0.227 e. The summed E-state index contributed by atoms with van der Waals surface area (Å²) in [5.74, 6) is 0.0485. The van der Waals surface area contributed by atoms with Gasteiger partial charge in [0.05, 0.1) is 5.70 Å². The summed E-state index contributed by atoms with van der Waals surface area (Å²) in [7, 11) is -2.87. The molecule has 0 bridgehead atoms. The zero-order valence-electron chi connectivity index (χ0n) is 17.3. The van der Waals surface area contributed by atoms with Crippen molar-refractivity contribution in [2.75, 3.05) is 39.3 Å². The number of carbonyl (C=O) groups is 2. The predicted molar refractivity (Wildman–Crippen MR) is 109 cm³/mol. The van der Waals surface area contributed by atoms with Gasteiger partial charge in [-0.05, 0) is 12.8 Å². The number of nitrogens with zero attached hydrogens (tertiary/aromatic N) is 3. The monoisotopic (exact) mass is 409 g/mol. The van der Waals surface area contributed by atoms with Crippen LogP contribution in [0.2, 0.25) is 0 Å². The van der Waals surface area contributed by atoms with Gasteiger partial charge in [-0.1, -0.05) is 27.7 Å². The van der Waals surface area contributed by atoms with E-state index in [1.54, 1.807) is 0 Å². The van der Waals surface area contributed by atoms with Crippen LogP contribution in [0.4, 0.5) is 0 Å². The Bertz CT molecular complexity index is 749. The second-order valence-electron chi connectivity index (χ2n) is 8.07.